The number of furan rings is 1. The Balaban J connectivity index is 1.82. The van der Waals surface area contributed by atoms with Crippen LogP contribution >= 0.6 is 0 Å². The van der Waals surface area contributed by atoms with Crippen LogP contribution < -0.4 is 15.8 Å². The van der Waals surface area contributed by atoms with E-state index in [4.69, 9.17) is 20.0 Å². The van der Waals surface area contributed by atoms with Gasteiger partial charge in [-0.05, 0) is 25.1 Å². The molecule has 1 aliphatic rings. The Labute approximate surface area is 147 Å². The summed E-state index contributed by atoms with van der Waals surface area (Å²) < 4.78 is 36.8. The van der Waals surface area contributed by atoms with Gasteiger partial charge in [0.1, 0.15) is 23.1 Å². The van der Waals surface area contributed by atoms with Crippen LogP contribution in [-0.4, -0.2) is 42.1 Å². The summed E-state index contributed by atoms with van der Waals surface area (Å²) in [6.45, 7) is 0.809. The number of alkyl halides is 2. The van der Waals surface area contributed by atoms with E-state index >= 15 is 0 Å². The third-order valence-electron chi connectivity index (χ3n) is 4.30. The minimum Gasteiger partial charge on any atom is -0.493 e. The molecule has 2 amide bonds. The fourth-order valence-electron chi connectivity index (χ4n) is 2.66. The first kappa shape index (κ1) is 18.1. The van der Waals surface area contributed by atoms with Crippen molar-refractivity contribution >= 4 is 22.8 Å². The average molecular weight is 368 g/mol. The SMILES string of the molecule is Cc1oc2ccc(OC[C@@H]3CC3(F)F)cc2c1C(=O)N[C@@H](CO)C(N)=O. The number of fused-ring (bicyclic) bond motifs is 1. The molecule has 0 spiro atoms. The van der Waals surface area contributed by atoms with Gasteiger partial charge in [-0.3, -0.25) is 9.59 Å². The highest BCUT2D eigenvalue weighted by Gasteiger charge is 2.57. The van der Waals surface area contributed by atoms with E-state index in [0.29, 0.717) is 22.5 Å². The summed E-state index contributed by atoms with van der Waals surface area (Å²) in [5.74, 6) is -4.37. The van der Waals surface area contributed by atoms with Crippen LogP contribution in [0.25, 0.3) is 11.0 Å². The van der Waals surface area contributed by atoms with Crippen molar-refractivity contribution in [2.75, 3.05) is 13.2 Å². The average Bonchev–Trinajstić information content (AvgIpc) is 3.04. The van der Waals surface area contributed by atoms with E-state index in [9.17, 15) is 18.4 Å². The molecule has 2 atom stereocenters. The number of aliphatic hydroxyl groups excluding tert-OH is 1. The van der Waals surface area contributed by atoms with E-state index in [1.807, 2.05) is 0 Å². The van der Waals surface area contributed by atoms with Gasteiger partial charge in [0.25, 0.3) is 11.8 Å². The number of carbonyl (C=O) groups excluding carboxylic acids is 2. The van der Waals surface area contributed by atoms with E-state index in [2.05, 4.69) is 5.32 Å². The Hall–Kier alpha value is -2.68. The van der Waals surface area contributed by atoms with Crippen LogP contribution in [0.5, 0.6) is 5.75 Å². The van der Waals surface area contributed by atoms with Crippen LogP contribution in [0.1, 0.15) is 22.5 Å². The molecule has 1 aromatic carbocycles. The Morgan fingerprint density at radius 2 is 2.19 bits per heavy atom. The minimum atomic E-state index is -2.67. The Kier molecular flexibility index (Phi) is 4.57. The third-order valence-corrected chi connectivity index (χ3v) is 4.30. The molecule has 0 saturated heterocycles. The van der Waals surface area contributed by atoms with Gasteiger partial charge in [0, 0.05) is 11.8 Å². The van der Waals surface area contributed by atoms with Crippen molar-refractivity contribution < 1.29 is 32.6 Å². The maximum absolute atomic E-state index is 12.9. The largest absolute Gasteiger partial charge is 0.493 e. The molecule has 1 fully saturated rings. The maximum atomic E-state index is 12.9. The van der Waals surface area contributed by atoms with Crippen LogP contribution in [0.2, 0.25) is 0 Å². The molecule has 2 aromatic rings. The highest BCUT2D eigenvalue weighted by molar-refractivity contribution is 6.08. The number of halogens is 2. The number of aliphatic hydroxyl groups is 1. The second kappa shape index (κ2) is 6.56. The van der Waals surface area contributed by atoms with E-state index < -0.39 is 36.3 Å². The molecule has 4 N–H and O–H groups in total. The zero-order valence-corrected chi connectivity index (χ0v) is 13.9. The van der Waals surface area contributed by atoms with Crippen molar-refractivity contribution in [2.45, 2.75) is 25.3 Å². The second-order valence-corrected chi connectivity index (χ2v) is 6.28. The topological polar surface area (TPSA) is 115 Å². The predicted molar refractivity (Wildman–Crippen MR) is 87.0 cm³/mol. The van der Waals surface area contributed by atoms with Gasteiger partial charge in [0.2, 0.25) is 5.91 Å². The van der Waals surface area contributed by atoms with Gasteiger partial charge in [-0.15, -0.1) is 0 Å². The molecular weight excluding hydrogens is 350 g/mol. The molecule has 140 valence electrons. The van der Waals surface area contributed by atoms with Crippen LogP contribution in [0.4, 0.5) is 8.78 Å². The van der Waals surface area contributed by atoms with E-state index in [0.717, 1.165) is 0 Å². The third kappa shape index (κ3) is 3.48. The number of carbonyl (C=O) groups is 2. The number of nitrogens with one attached hydrogen (secondary N) is 1. The zero-order valence-electron chi connectivity index (χ0n) is 13.9. The summed E-state index contributed by atoms with van der Waals surface area (Å²) in [6.07, 6.45) is -0.191. The number of hydrogen-bond acceptors (Lipinski definition) is 5. The summed E-state index contributed by atoms with van der Waals surface area (Å²) in [5.41, 5.74) is 5.66. The highest BCUT2D eigenvalue weighted by Crippen LogP contribution is 2.48. The van der Waals surface area contributed by atoms with Crippen molar-refractivity contribution in [1.29, 1.82) is 0 Å². The second-order valence-electron chi connectivity index (χ2n) is 6.28. The molecule has 9 heteroatoms. The van der Waals surface area contributed by atoms with Crippen LogP contribution in [0.3, 0.4) is 0 Å². The van der Waals surface area contributed by atoms with Crippen molar-refractivity contribution in [3.8, 4) is 5.75 Å². The zero-order chi connectivity index (χ0) is 19.1. The number of benzene rings is 1. The summed E-state index contributed by atoms with van der Waals surface area (Å²) in [5, 5.41) is 11.9. The van der Waals surface area contributed by atoms with E-state index in [-0.39, 0.29) is 18.6 Å². The molecule has 1 aliphatic carbocycles. The lowest BCUT2D eigenvalue weighted by Gasteiger charge is -2.12. The summed E-state index contributed by atoms with van der Waals surface area (Å²) in [6, 6.07) is 3.41. The number of aryl methyl sites for hydroxylation is 1. The number of ether oxygens (including phenoxy) is 1. The summed E-state index contributed by atoms with van der Waals surface area (Å²) >= 11 is 0. The molecule has 0 unspecified atom stereocenters. The smallest absolute Gasteiger partial charge is 0.256 e. The van der Waals surface area contributed by atoms with Gasteiger partial charge in [-0.1, -0.05) is 0 Å². The lowest BCUT2D eigenvalue weighted by atomic mass is 10.1. The van der Waals surface area contributed by atoms with Crippen molar-refractivity contribution in [3.05, 3.63) is 29.5 Å². The number of rotatable bonds is 7. The van der Waals surface area contributed by atoms with Crippen molar-refractivity contribution in [1.82, 2.24) is 5.32 Å². The first-order valence-electron chi connectivity index (χ1n) is 7.97. The van der Waals surface area contributed by atoms with Crippen molar-refractivity contribution in [2.24, 2.45) is 11.7 Å². The highest BCUT2D eigenvalue weighted by atomic mass is 19.3. The Morgan fingerprint density at radius 1 is 1.50 bits per heavy atom. The first-order chi connectivity index (χ1) is 12.2. The Morgan fingerprint density at radius 3 is 2.77 bits per heavy atom. The molecule has 1 aromatic heterocycles. The van der Waals surface area contributed by atoms with E-state index in [1.165, 1.54) is 6.07 Å². The molecule has 3 rings (SSSR count). The number of hydrogen-bond donors (Lipinski definition) is 3. The minimum absolute atomic E-state index is 0.120. The monoisotopic (exact) mass is 368 g/mol. The molecular formula is C17H18F2N2O5. The van der Waals surface area contributed by atoms with Crippen LogP contribution in [-0.2, 0) is 4.79 Å². The van der Waals surface area contributed by atoms with Crippen LogP contribution in [0.15, 0.2) is 22.6 Å². The van der Waals surface area contributed by atoms with Gasteiger partial charge < -0.3 is 25.3 Å². The number of amides is 2. The van der Waals surface area contributed by atoms with Gasteiger partial charge in [-0.25, -0.2) is 8.78 Å². The van der Waals surface area contributed by atoms with Gasteiger partial charge >= 0.3 is 0 Å². The summed E-state index contributed by atoms with van der Waals surface area (Å²) in [7, 11) is 0. The number of primary amides is 1. The lowest BCUT2D eigenvalue weighted by molar-refractivity contribution is -0.120. The normalized spacial score (nSPS) is 19.2. The number of nitrogens with two attached hydrogens (primary N) is 1. The molecule has 0 aliphatic heterocycles. The molecule has 0 bridgehead atoms. The van der Waals surface area contributed by atoms with Gasteiger partial charge in [0.05, 0.1) is 24.7 Å². The molecule has 1 heterocycles. The molecule has 26 heavy (non-hydrogen) atoms. The molecule has 0 radical (unpaired) electrons. The first-order valence-corrected chi connectivity index (χ1v) is 7.97. The predicted octanol–water partition coefficient (Wildman–Crippen LogP) is 1.35. The molecule has 1 saturated carbocycles. The standard InChI is InChI=1S/C17H18F2N2O5/c1-8-14(16(24)21-12(6-22)15(20)23)11-4-10(2-3-13(11)26-8)25-7-9-5-17(9,18)19/h2-4,9,12,22H,5-7H2,1H3,(H2,20,23)(H,21,24)/t9-,12-/m0/s1. The molecule has 7 nitrogen and oxygen atoms in total. The van der Waals surface area contributed by atoms with Gasteiger partial charge in [-0.2, -0.15) is 0 Å². The van der Waals surface area contributed by atoms with E-state index in [1.54, 1.807) is 19.1 Å². The van der Waals surface area contributed by atoms with Crippen LogP contribution in [0, 0.1) is 12.8 Å². The van der Waals surface area contributed by atoms with Gasteiger partial charge in [0.15, 0.2) is 0 Å². The lowest BCUT2D eigenvalue weighted by Crippen LogP contribution is -2.46. The quantitative estimate of drug-likeness (QED) is 0.682. The summed E-state index contributed by atoms with van der Waals surface area (Å²) in [4.78, 5) is 23.6. The van der Waals surface area contributed by atoms with Crippen molar-refractivity contribution in [3.63, 3.8) is 0 Å². The fraction of sp³-hybridized carbons (Fsp3) is 0.412. The Bertz CT molecular complexity index is 864. The maximum Gasteiger partial charge on any atom is 0.256 e. The fourth-order valence-corrected chi connectivity index (χ4v) is 2.66.